The van der Waals surface area contributed by atoms with E-state index in [4.69, 9.17) is 18.9 Å². The molecule has 2 aromatic carbocycles. The summed E-state index contributed by atoms with van der Waals surface area (Å²) in [5.74, 6) is 3.17. The molecule has 292 valence electrons. The summed E-state index contributed by atoms with van der Waals surface area (Å²) in [5.41, 5.74) is 1.51. The van der Waals surface area contributed by atoms with Crippen molar-refractivity contribution in [1.29, 1.82) is 5.26 Å². The highest BCUT2D eigenvalue weighted by molar-refractivity contribution is 5.45. The van der Waals surface area contributed by atoms with E-state index in [0.29, 0.717) is 0 Å². The summed E-state index contributed by atoms with van der Waals surface area (Å²) < 4.78 is 24.5. The molecule has 0 aliphatic rings. The number of unbranched alkanes of at least 4 members (excludes halogenated alkanes) is 9. The minimum absolute atomic E-state index is 0.0198. The number of azo groups is 1. The van der Waals surface area contributed by atoms with Crippen LogP contribution in [0.5, 0.6) is 23.0 Å². The lowest BCUT2D eigenvalue weighted by molar-refractivity contribution is 0.227. The number of hydrogen-bond acceptors (Lipinski definition) is 7. The molecule has 2 atom stereocenters. The standard InChI is InChI=1S/C45H73N3O4/c1-11-12-13-14-15-16-17-18-19-20-25-45(33-46,39-29-43(51-36(6)7)32-44(30-39)52-37(8)9)26-21-22-40(48-47-10)24-23-38-27-41(49-34(2)3)31-42(28-38)50-35(4)5/h27-32,34-37,40H,11-26H2,1-10H3/b48-47+. The molecule has 7 heteroatoms. The summed E-state index contributed by atoms with van der Waals surface area (Å²) in [4.78, 5) is 0. The average molecular weight is 720 g/mol. The minimum Gasteiger partial charge on any atom is -0.491 e. The maximum absolute atomic E-state index is 11.0. The molecule has 0 aliphatic carbocycles. The van der Waals surface area contributed by atoms with Crippen LogP contribution in [0.15, 0.2) is 46.6 Å². The zero-order chi connectivity index (χ0) is 38.4. The second kappa shape index (κ2) is 24.9. The summed E-state index contributed by atoms with van der Waals surface area (Å²) in [6.07, 6.45) is 17.8. The summed E-state index contributed by atoms with van der Waals surface area (Å²) in [5, 5.41) is 19.9. The Bertz CT molecular complexity index is 1280. The van der Waals surface area contributed by atoms with Crippen LogP contribution in [0.3, 0.4) is 0 Å². The number of nitriles is 1. The van der Waals surface area contributed by atoms with Gasteiger partial charge in [-0.3, -0.25) is 0 Å². The Kier molecular flexibility index (Phi) is 21.5. The van der Waals surface area contributed by atoms with E-state index >= 15 is 0 Å². The molecule has 0 N–H and O–H groups in total. The first kappa shape index (κ1) is 44.9. The van der Waals surface area contributed by atoms with Crippen molar-refractivity contribution in [2.24, 2.45) is 10.2 Å². The van der Waals surface area contributed by atoms with E-state index in [1.165, 1.54) is 51.4 Å². The topological polar surface area (TPSA) is 85.4 Å². The smallest absolute Gasteiger partial charge is 0.123 e. The second-order valence-corrected chi connectivity index (χ2v) is 15.7. The Balaban J connectivity index is 2.24. The minimum atomic E-state index is -0.648. The predicted molar refractivity (Wildman–Crippen MR) is 216 cm³/mol. The van der Waals surface area contributed by atoms with E-state index in [9.17, 15) is 5.26 Å². The third-order valence-corrected chi connectivity index (χ3v) is 9.22. The van der Waals surface area contributed by atoms with E-state index in [0.717, 1.165) is 85.5 Å². The van der Waals surface area contributed by atoms with Gasteiger partial charge in [0.2, 0.25) is 0 Å². The van der Waals surface area contributed by atoms with Gasteiger partial charge in [0.1, 0.15) is 23.0 Å². The monoisotopic (exact) mass is 720 g/mol. The van der Waals surface area contributed by atoms with E-state index in [-0.39, 0.29) is 30.5 Å². The summed E-state index contributed by atoms with van der Waals surface area (Å²) in [6.45, 7) is 18.6. The summed E-state index contributed by atoms with van der Waals surface area (Å²) in [6, 6.07) is 15.2. The molecule has 0 radical (unpaired) electrons. The van der Waals surface area contributed by atoms with Gasteiger partial charge in [0.05, 0.1) is 41.9 Å². The van der Waals surface area contributed by atoms with E-state index < -0.39 is 5.41 Å². The first-order chi connectivity index (χ1) is 24.9. The normalized spacial score (nSPS) is 13.6. The Morgan fingerprint density at radius 2 is 1.00 bits per heavy atom. The lowest BCUT2D eigenvalue weighted by Gasteiger charge is -2.29. The molecule has 0 fully saturated rings. The zero-order valence-electron chi connectivity index (χ0n) is 34.6. The molecule has 0 aromatic heterocycles. The molecule has 0 aliphatic heterocycles. The quantitative estimate of drug-likeness (QED) is 0.0645. The van der Waals surface area contributed by atoms with Gasteiger partial charge in [-0.2, -0.15) is 15.5 Å². The molecule has 2 aromatic rings. The number of nitrogens with zero attached hydrogens (tertiary/aromatic N) is 3. The molecule has 2 rings (SSSR count). The van der Waals surface area contributed by atoms with Crippen molar-refractivity contribution >= 4 is 0 Å². The van der Waals surface area contributed by atoms with Gasteiger partial charge in [-0.05, 0) is 129 Å². The highest BCUT2D eigenvalue weighted by Gasteiger charge is 2.33. The van der Waals surface area contributed by atoms with E-state index in [2.05, 4.69) is 47.5 Å². The molecule has 0 saturated carbocycles. The van der Waals surface area contributed by atoms with Crippen LogP contribution in [0.2, 0.25) is 0 Å². The molecule has 7 nitrogen and oxygen atoms in total. The van der Waals surface area contributed by atoms with Gasteiger partial charge < -0.3 is 18.9 Å². The fraction of sp³-hybridized carbons (Fsp3) is 0.711. The molecule has 0 amide bonds. The van der Waals surface area contributed by atoms with Crippen LogP contribution >= 0.6 is 0 Å². The molecular formula is C45H73N3O4. The van der Waals surface area contributed by atoms with Crippen molar-refractivity contribution < 1.29 is 18.9 Å². The van der Waals surface area contributed by atoms with Crippen LogP contribution in [0.1, 0.15) is 170 Å². The fourth-order valence-electron chi connectivity index (χ4n) is 6.88. The Morgan fingerprint density at radius 3 is 1.42 bits per heavy atom. The van der Waals surface area contributed by atoms with Crippen molar-refractivity contribution in [3.05, 3.63) is 47.5 Å². The van der Waals surface area contributed by atoms with Crippen LogP contribution in [0, 0.1) is 11.3 Å². The Hall–Kier alpha value is -3.27. The highest BCUT2D eigenvalue weighted by Crippen LogP contribution is 2.40. The van der Waals surface area contributed by atoms with Crippen molar-refractivity contribution in [2.75, 3.05) is 7.05 Å². The van der Waals surface area contributed by atoms with Crippen molar-refractivity contribution in [3.63, 3.8) is 0 Å². The SMILES string of the molecule is CCCCCCCCCCCCC(C#N)(CCCC(CCc1cc(OC(C)C)cc(OC(C)C)c1)/N=N/C)c1cc(OC(C)C)cc(OC(C)C)c1. The maximum Gasteiger partial charge on any atom is 0.123 e. The summed E-state index contributed by atoms with van der Waals surface area (Å²) in [7, 11) is 1.75. The van der Waals surface area contributed by atoms with Crippen LogP contribution < -0.4 is 18.9 Å². The van der Waals surface area contributed by atoms with Crippen LogP contribution in [-0.4, -0.2) is 37.5 Å². The molecule has 0 heterocycles. The fourth-order valence-corrected chi connectivity index (χ4v) is 6.88. The van der Waals surface area contributed by atoms with Crippen LogP contribution in [-0.2, 0) is 11.8 Å². The Labute approximate surface area is 318 Å². The largest absolute Gasteiger partial charge is 0.491 e. The molecule has 2 unspecified atom stereocenters. The first-order valence-corrected chi connectivity index (χ1v) is 20.6. The molecule has 0 bridgehead atoms. The lowest BCUT2D eigenvalue weighted by Crippen LogP contribution is -2.25. The molecular weight excluding hydrogens is 647 g/mol. The highest BCUT2D eigenvalue weighted by atomic mass is 16.5. The maximum atomic E-state index is 11.0. The summed E-state index contributed by atoms with van der Waals surface area (Å²) >= 11 is 0. The third-order valence-electron chi connectivity index (χ3n) is 9.22. The Morgan fingerprint density at radius 1 is 0.577 bits per heavy atom. The van der Waals surface area contributed by atoms with Crippen molar-refractivity contribution in [1.82, 2.24) is 0 Å². The molecule has 52 heavy (non-hydrogen) atoms. The van der Waals surface area contributed by atoms with E-state index in [1.54, 1.807) is 7.05 Å². The van der Waals surface area contributed by atoms with Gasteiger partial charge in [0, 0.05) is 19.2 Å². The number of aryl methyl sites for hydroxylation is 1. The van der Waals surface area contributed by atoms with Crippen molar-refractivity contribution in [3.8, 4) is 29.1 Å². The third kappa shape index (κ3) is 18.0. The number of rotatable bonds is 28. The lowest BCUT2D eigenvalue weighted by atomic mass is 9.73. The van der Waals surface area contributed by atoms with Crippen LogP contribution in [0.25, 0.3) is 0 Å². The predicted octanol–water partition coefficient (Wildman–Crippen LogP) is 13.2. The molecule has 0 spiro atoms. The second-order valence-electron chi connectivity index (χ2n) is 15.7. The zero-order valence-corrected chi connectivity index (χ0v) is 34.6. The molecule has 0 saturated heterocycles. The first-order valence-electron chi connectivity index (χ1n) is 20.6. The number of benzene rings is 2. The van der Waals surface area contributed by atoms with Gasteiger partial charge in [-0.15, -0.1) is 0 Å². The van der Waals surface area contributed by atoms with Gasteiger partial charge in [-0.1, -0.05) is 71.1 Å². The van der Waals surface area contributed by atoms with Gasteiger partial charge >= 0.3 is 0 Å². The van der Waals surface area contributed by atoms with Gasteiger partial charge in [0.15, 0.2) is 0 Å². The van der Waals surface area contributed by atoms with Crippen LogP contribution in [0.4, 0.5) is 0 Å². The van der Waals surface area contributed by atoms with Crippen molar-refractivity contribution in [2.45, 2.75) is 201 Å². The average Bonchev–Trinajstić information content (AvgIpc) is 3.05. The van der Waals surface area contributed by atoms with Gasteiger partial charge in [-0.25, -0.2) is 0 Å². The number of hydrogen-bond donors (Lipinski definition) is 0. The van der Waals surface area contributed by atoms with E-state index in [1.807, 2.05) is 67.5 Å². The number of ether oxygens (including phenoxy) is 4. The van der Waals surface area contributed by atoms with Gasteiger partial charge in [0.25, 0.3) is 0 Å².